The fraction of sp³-hybridized carbons (Fsp3) is 0.318. The first-order chi connectivity index (χ1) is 12.1. The van der Waals surface area contributed by atoms with Crippen molar-refractivity contribution in [2.24, 2.45) is 5.92 Å². The topological polar surface area (TPSA) is 32.3 Å². The van der Waals surface area contributed by atoms with Crippen LogP contribution in [0.1, 0.15) is 42.0 Å². The number of aryl methyl sites for hydroxylation is 1. The molecule has 1 aliphatic heterocycles. The second kappa shape index (κ2) is 6.07. The van der Waals surface area contributed by atoms with E-state index in [1.165, 1.54) is 22.4 Å². The normalized spacial score (nSPS) is 23.6. The molecule has 1 heterocycles. The number of benzene rings is 2. The van der Waals surface area contributed by atoms with Crippen molar-refractivity contribution in [3.63, 3.8) is 0 Å². The molecule has 0 spiro atoms. The van der Waals surface area contributed by atoms with Gasteiger partial charge >= 0.3 is 0 Å². The van der Waals surface area contributed by atoms with Crippen LogP contribution in [0.15, 0.2) is 54.6 Å². The number of carbonyl (C=O) groups is 1. The van der Waals surface area contributed by atoms with E-state index < -0.39 is 0 Å². The number of anilines is 2. The molecule has 25 heavy (non-hydrogen) atoms. The number of amides is 1. The summed E-state index contributed by atoms with van der Waals surface area (Å²) in [4.78, 5) is 13.4. The molecular formula is C22H24N2O. The number of hydrogen-bond acceptors (Lipinski definition) is 2. The zero-order valence-corrected chi connectivity index (χ0v) is 15.0. The van der Waals surface area contributed by atoms with Crippen LogP contribution >= 0.6 is 0 Å². The third-order valence-electron chi connectivity index (χ3n) is 5.73. The maximum Gasteiger partial charge on any atom is 0.223 e. The van der Waals surface area contributed by atoms with Crippen molar-refractivity contribution < 1.29 is 4.79 Å². The zero-order valence-electron chi connectivity index (χ0n) is 15.0. The Hall–Kier alpha value is -2.55. The first-order valence-electron chi connectivity index (χ1n) is 8.93. The molecule has 0 fully saturated rings. The monoisotopic (exact) mass is 332 g/mol. The van der Waals surface area contributed by atoms with Gasteiger partial charge < -0.3 is 10.2 Å². The lowest BCUT2D eigenvalue weighted by atomic mass is 9.76. The third-order valence-corrected chi connectivity index (χ3v) is 5.73. The molecule has 1 aliphatic carbocycles. The summed E-state index contributed by atoms with van der Waals surface area (Å²) >= 11 is 0. The highest BCUT2D eigenvalue weighted by Gasteiger charge is 2.38. The molecule has 3 nitrogen and oxygen atoms in total. The number of nitrogens with one attached hydrogen (secondary N) is 1. The predicted octanol–water partition coefficient (Wildman–Crippen LogP) is 4.80. The molecule has 4 rings (SSSR count). The van der Waals surface area contributed by atoms with E-state index >= 15 is 0 Å². The third kappa shape index (κ3) is 2.64. The lowest BCUT2D eigenvalue weighted by Gasteiger charge is -2.38. The van der Waals surface area contributed by atoms with Crippen molar-refractivity contribution in [2.75, 3.05) is 17.3 Å². The maximum absolute atomic E-state index is 11.7. The van der Waals surface area contributed by atoms with Crippen molar-refractivity contribution >= 4 is 17.3 Å². The van der Waals surface area contributed by atoms with Gasteiger partial charge in [-0.15, -0.1) is 0 Å². The van der Waals surface area contributed by atoms with E-state index in [1.54, 1.807) is 11.8 Å². The molecule has 1 N–H and O–H groups in total. The van der Waals surface area contributed by atoms with Gasteiger partial charge in [0, 0.05) is 31.3 Å². The van der Waals surface area contributed by atoms with E-state index in [4.69, 9.17) is 0 Å². The smallest absolute Gasteiger partial charge is 0.223 e. The minimum atomic E-state index is 0.0556. The molecule has 1 amide bonds. The van der Waals surface area contributed by atoms with E-state index in [2.05, 4.69) is 60.8 Å². The lowest BCUT2D eigenvalue weighted by molar-refractivity contribution is -0.116. The summed E-state index contributed by atoms with van der Waals surface area (Å²) in [5.74, 6) is 0.979. The molecule has 3 heteroatoms. The fourth-order valence-electron chi connectivity index (χ4n) is 4.22. The van der Waals surface area contributed by atoms with Crippen LogP contribution in [0.25, 0.3) is 0 Å². The molecule has 2 aromatic rings. The van der Waals surface area contributed by atoms with Crippen molar-refractivity contribution in [3.05, 3.63) is 71.3 Å². The van der Waals surface area contributed by atoms with Crippen LogP contribution in [0.2, 0.25) is 0 Å². The molecule has 0 saturated heterocycles. The minimum absolute atomic E-state index is 0.0556. The number of hydrogen-bond donors (Lipinski definition) is 1. The Morgan fingerprint density at radius 2 is 1.96 bits per heavy atom. The molecular weight excluding hydrogens is 308 g/mol. The van der Waals surface area contributed by atoms with Gasteiger partial charge in [-0.05, 0) is 54.2 Å². The Morgan fingerprint density at radius 1 is 1.16 bits per heavy atom. The van der Waals surface area contributed by atoms with Gasteiger partial charge in [-0.3, -0.25) is 4.79 Å². The highest BCUT2D eigenvalue weighted by atomic mass is 16.2. The standard InChI is InChI=1S/C22H24N2O/c1-14-7-4-5-8-17(14)22-19-10-6-9-18(19)20-13-16(24(3)15(2)25)11-12-21(20)23-22/h4-9,11-13,18-19,22-23H,10H2,1-3H3. The van der Waals surface area contributed by atoms with E-state index in [1.807, 2.05) is 13.1 Å². The summed E-state index contributed by atoms with van der Waals surface area (Å²) in [7, 11) is 1.83. The van der Waals surface area contributed by atoms with Gasteiger partial charge in [0.1, 0.15) is 0 Å². The number of carbonyl (C=O) groups excluding carboxylic acids is 1. The van der Waals surface area contributed by atoms with E-state index in [0.29, 0.717) is 17.9 Å². The Labute approximate surface area is 149 Å². The minimum Gasteiger partial charge on any atom is -0.378 e. The Kier molecular flexibility index (Phi) is 3.87. The van der Waals surface area contributed by atoms with E-state index in [9.17, 15) is 4.79 Å². The van der Waals surface area contributed by atoms with E-state index in [-0.39, 0.29) is 5.91 Å². The summed E-state index contributed by atoms with van der Waals surface area (Å²) in [5, 5.41) is 3.78. The summed E-state index contributed by atoms with van der Waals surface area (Å²) < 4.78 is 0. The first-order valence-corrected chi connectivity index (χ1v) is 8.93. The Bertz CT molecular complexity index is 855. The lowest BCUT2D eigenvalue weighted by Crippen LogP contribution is -2.30. The molecule has 3 unspecified atom stereocenters. The van der Waals surface area contributed by atoms with Crippen LogP contribution in [0.4, 0.5) is 11.4 Å². The van der Waals surface area contributed by atoms with Crippen LogP contribution < -0.4 is 10.2 Å². The van der Waals surface area contributed by atoms with Crippen LogP contribution in [-0.2, 0) is 4.79 Å². The maximum atomic E-state index is 11.7. The van der Waals surface area contributed by atoms with Gasteiger partial charge in [0.25, 0.3) is 0 Å². The van der Waals surface area contributed by atoms with Crippen LogP contribution in [0, 0.1) is 12.8 Å². The second-order valence-electron chi connectivity index (χ2n) is 7.18. The summed E-state index contributed by atoms with van der Waals surface area (Å²) in [6, 6.07) is 15.3. The number of nitrogens with zero attached hydrogens (tertiary/aromatic N) is 1. The largest absolute Gasteiger partial charge is 0.378 e. The van der Waals surface area contributed by atoms with Gasteiger partial charge in [0.15, 0.2) is 0 Å². The highest BCUT2D eigenvalue weighted by Crippen LogP contribution is 2.50. The first kappa shape index (κ1) is 15.9. The van der Waals surface area contributed by atoms with Gasteiger partial charge in [0.05, 0.1) is 6.04 Å². The molecule has 3 atom stereocenters. The molecule has 0 aromatic heterocycles. The Morgan fingerprint density at radius 3 is 2.72 bits per heavy atom. The molecule has 128 valence electrons. The van der Waals surface area contributed by atoms with Crippen molar-refractivity contribution in [1.82, 2.24) is 0 Å². The summed E-state index contributed by atoms with van der Waals surface area (Å²) in [5.41, 5.74) is 6.16. The van der Waals surface area contributed by atoms with Crippen molar-refractivity contribution in [2.45, 2.75) is 32.2 Å². The number of fused-ring (bicyclic) bond motifs is 3. The fourth-order valence-corrected chi connectivity index (χ4v) is 4.22. The molecule has 2 aliphatic rings. The quantitative estimate of drug-likeness (QED) is 0.801. The molecule has 2 aromatic carbocycles. The number of rotatable bonds is 2. The second-order valence-corrected chi connectivity index (χ2v) is 7.18. The SMILES string of the molecule is CC(=O)N(C)c1ccc2c(c1)C1C=CCC1C(c1ccccc1C)N2. The van der Waals surface area contributed by atoms with Gasteiger partial charge in [0.2, 0.25) is 5.91 Å². The van der Waals surface area contributed by atoms with E-state index in [0.717, 1.165) is 12.1 Å². The van der Waals surface area contributed by atoms with Gasteiger partial charge in [-0.25, -0.2) is 0 Å². The Balaban J connectivity index is 1.76. The van der Waals surface area contributed by atoms with Crippen LogP contribution in [0.3, 0.4) is 0 Å². The van der Waals surface area contributed by atoms with Crippen LogP contribution in [0.5, 0.6) is 0 Å². The average Bonchev–Trinajstić information content (AvgIpc) is 3.10. The zero-order chi connectivity index (χ0) is 17.6. The summed E-state index contributed by atoms with van der Waals surface area (Å²) in [6.45, 7) is 3.79. The highest BCUT2D eigenvalue weighted by molar-refractivity contribution is 5.91. The predicted molar refractivity (Wildman–Crippen MR) is 103 cm³/mol. The van der Waals surface area contributed by atoms with Gasteiger partial charge in [-0.2, -0.15) is 0 Å². The molecule has 0 saturated carbocycles. The summed E-state index contributed by atoms with van der Waals surface area (Å²) in [6.07, 6.45) is 5.73. The van der Waals surface area contributed by atoms with Crippen molar-refractivity contribution in [3.8, 4) is 0 Å². The molecule has 0 radical (unpaired) electrons. The molecule has 0 bridgehead atoms. The van der Waals surface area contributed by atoms with Crippen LogP contribution in [-0.4, -0.2) is 13.0 Å². The number of allylic oxidation sites excluding steroid dienone is 2. The van der Waals surface area contributed by atoms with Gasteiger partial charge in [-0.1, -0.05) is 36.4 Å². The van der Waals surface area contributed by atoms with Crippen molar-refractivity contribution in [1.29, 1.82) is 0 Å². The average molecular weight is 332 g/mol.